The Morgan fingerprint density at radius 2 is 1.50 bits per heavy atom. The number of benzene rings is 3. The van der Waals surface area contributed by atoms with Gasteiger partial charge in [0.05, 0.1) is 21.4 Å². The van der Waals surface area contributed by atoms with Gasteiger partial charge in [0, 0.05) is 10.6 Å². The quantitative estimate of drug-likeness (QED) is 0.408. The van der Waals surface area contributed by atoms with Crippen LogP contribution in [0.15, 0.2) is 84.4 Å². The van der Waals surface area contributed by atoms with Gasteiger partial charge in [-0.3, -0.25) is 9.69 Å². The van der Waals surface area contributed by atoms with Gasteiger partial charge < -0.3 is 0 Å². The van der Waals surface area contributed by atoms with E-state index >= 15 is 0 Å². The number of carbonyl (C=O) groups is 1. The van der Waals surface area contributed by atoms with Crippen LogP contribution in [0.2, 0.25) is 15.1 Å². The second-order valence-electron chi connectivity index (χ2n) is 6.26. The Labute approximate surface area is 178 Å². The minimum absolute atomic E-state index is 0.169. The molecule has 3 aromatic carbocycles. The van der Waals surface area contributed by atoms with Gasteiger partial charge in [0.2, 0.25) is 0 Å². The molecule has 5 heteroatoms. The fraction of sp³-hybridized carbons (Fsp3) is 0. The summed E-state index contributed by atoms with van der Waals surface area (Å²) in [6, 6.07) is 22.3. The number of carbonyl (C=O) groups excluding carboxylic acids is 1. The average molecular weight is 427 g/mol. The third kappa shape index (κ3) is 3.59. The van der Waals surface area contributed by atoms with E-state index in [9.17, 15) is 4.79 Å². The minimum Gasteiger partial charge on any atom is -0.275 e. The maximum absolute atomic E-state index is 13.3. The molecule has 1 aliphatic heterocycles. The molecule has 0 spiro atoms. The molecule has 138 valence electrons. The standard InChI is InChI=1S/C23H14Cl3NO/c24-18-11-9-16(10-12-18)21-14-17(13-15-5-2-1-3-6-15)23(28)27(21)20-8-4-7-19(25)22(20)26/h1-14H/b17-13+. The molecular formula is C23H14Cl3NO. The predicted octanol–water partition coefficient (Wildman–Crippen LogP) is 7.12. The van der Waals surface area contributed by atoms with Crippen molar-refractivity contribution in [1.82, 2.24) is 0 Å². The number of nitrogens with zero attached hydrogens (tertiary/aromatic N) is 1. The molecule has 0 aliphatic carbocycles. The van der Waals surface area contributed by atoms with Crippen molar-refractivity contribution in [2.45, 2.75) is 0 Å². The Hall–Kier alpha value is -2.52. The van der Waals surface area contributed by atoms with Crippen LogP contribution >= 0.6 is 34.8 Å². The summed E-state index contributed by atoms with van der Waals surface area (Å²) in [5, 5.41) is 1.35. The van der Waals surface area contributed by atoms with Crippen molar-refractivity contribution < 1.29 is 4.79 Å². The molecule has 0 bridgehead atoms. The molecule has 4 rings (SSSR count). The van der Waals surface area contributed by atoms with Gasteiger partial charge in [-0.05, 0) is 47.5 Å². The summed E-state index contributed by atoms with van der Waals surface area (Å²) in [5.74, 6) is -0.169. The molecule has 0 saturated carbocycles. The van der Waals surface area contributed by atoms with Gasteiger partial charge >= 0.3 is 0 Å². The largest absolute Gasteiger partial charge is 0.275 e. The SMILES string of the molecule is O=C1/C(=C/c2ccccc2)C=C(c2ccc(Cl)cc2)N1c1cccc(Cl)c1Cl. The summed E-state index contributed by atoms with van der Waals surface area (Å²) in [6.07, 6.45) is 3.71. The van der Waals surface area contributed by atoms with Crippen LogP contribution in [-0.2, 0) is 4.79 Å². The molecule has 0 atom stereocenters. The van der Waals surface area contributed by atoms with Crippen molar-refractivity contribution in [3.8, 4) is 0 Å². The van der Waals surface area contributed by atoms with Crippen molar-refractivity contribution in [3.63, 3.8) is 0 Å². The normalized spacial score (nSPS) is 15.2. The highest BCUT2D eigenvalue weighted by molar-refractivity contribution is 6.44. The molecule has 1 amide bonds. The van der Waals surface area contributed by atoms with Crippen molar-refractivity contribution in [1.29, 1.82) is 0 Å². The number of halogens is 3. The monoisotopic (exact) mass is 425 g/mol. The third-order valence-corrected chi connectivity index (χ3v) is 5.48. The van der Waals surface area contributed by atoms with Gasteiger partial charge in [0.15, 0.2) is 0 Å². The van der Waals surface area contributed by atoms with Crippen LogP contribution in [0.25, 0.3) is 11.8 Å². The smallest absolute Gasteiger partial charge is 0.262 e. The summed E-state index contributed by atoms with van der Waals surface area (Å²) in [7, 11) is 0. The summed E-state index contributed by atoms with van der Waals surface area (Å²) >= 11 is 18.7. The van der Waals surface area contributed by atoms with E-state index in [1.165, 1.54) is 0 Å². The summed E-state index contributed by atoms with van der Waals surface area (Å²) in [5.41, 5.74) is 3.61. The van der Waals surface area contributed by atoms with Crippen LogP contribution in [0.4, 0.5) is 5.69 Å². The zero-order valence-corrected chi connectivity index (χ0v) is 16.8. The zero-order chi connectivity index (χ0) is 19.7. The molecule has 28 heavy (non-hydrogen) atoms. The van der Waals surface area contributed by atoms with Crippen LogP contribution in [0.3, 0.4) is 0 Å². The first kappa shape index (κ1) is 18.8. The van der Waals surface area contributed by atoms with E-state index in [4.69, 9.17) is 34.8 Å². The van der Waals surface area contributed by atoms with Crippen LogP contribution in [0.5, 0.6) is 0 Å². The Bertz CT molecular complexity index is 1100. The number of amides is 1. The Kier molecular flexibility index (Phi) is 5.27. The van der Waals surface area contributed by atoms with Crippen LogP contribution < -0.4 is 4.90 Å². The topological polar surface area (TPSA) is 20.3 Å². The average Bonchev–Trinajstić information content (AvgIpc) is 3.02. The van der Waals surface area contributed by atoms with Gasteiger partial charge in [-0.25, -0.2) is 0 Å². The Balaban J connectivity index is 1.87. The van der Waals surface area contributed by atoms with Gasteiger partial charge in [-0.15, -0.1) is 0 Å². The van der Waals surface area contributed by atoms with E-state index in [0.717, 1.165) is 11.1 Å². The van der Waals surface area contributed by atoms with Crippen LogP contribution in [-0.4, -0.2) is 5.91 Å². The number of anilines is 1. The first-order valence-electron chi connectivity index (χ1n) is 8.57. The molecule has 0 fully saturated rings. The molecule has 1 aliphatic rings. The number of hydrogen-bond donors (Lipinski definition) is 0. The summed E-state index contributed by atoms with van der Waals surface area (Å²) in [6.45, 7) is 0. The molecule has 3 aromatic rings. The van der Waals surface area contributed by atoms with Crippen molar-refractivity contribution in [3.05, 3.63) is 111 Å². The Morgan fingerprint density at radius 1 is 0.786 bits per heavy atom. The van der Waals surface area contributed by atoms with E-state index in [0.29, 0.717) is 32.0 Å². The van der Waals surface area contributed by atoms with E-state index in [-0.39, 0.29) is 5.91 Å². The number of rotatable bonds is 3. The molecule has 0 N–H and O–H groups in total. The van der Waals surface area contributed by atoms with Crippen LogP contribution in [0, 0.1) is 0 Å². The lowest BCUT2D eigenvalue weighted by molar-refractivity contribution is -0.113. The molecule has 1 heterocycles. The summed E-state index contributed by atoms with van der Waals surface area (Å²) in [4.78, 5) is 14.9. The second kappa shape index (κ2) is 7.84. The first-order chi connectivity index (χ1) is 13.5. The highest BCUT2D eigenvalue weighted by Crippen LogP contribution is 2.41. The second-order valence-corrected chi connectivity index (χ2v) is 7.48. The fourth-order valence-electron chi connectivity index (χ4n) is 3.08. The van der Waals surface area contributed by atoms with E-state index in [2.05, 4.69) is 0 Å². The molecule has 2 nitrogen and oxygen atoms in total. The van der Waals surface area contributed by atoms with Gasteiger partial charge in [0.1, 0.15) is 0 Å². The molecular weight excluding hydrogens is 413 g/mol. The Morgan fingerprint density at radius 3 is 2.21 bits per heavy atom. The highest BCUT2D eigenvalue weighted by atomic mass is 35.5. The molecule has 0 aromatic heterocycles. The first-order valence-corrected chi connectivity index (χ1v) is 9.71. The maximum atomic E-state index is 13.3. The third-order valence-electron chi connectivity index (χ3n) is 4.42. The zero-order valence-electron chi connectivity index (χ0n) is 14.6. The lowest BCUT2D eigenvalue weighted by Crippen LogP contribution is -2.25. The maximum Gasteiger partial charge on any atom is 0.262 e. The molecule has 0 unspecified atom stereocenters. The number of hydrogen-bond acceptors (Lipinski definition) is 1. The van der Waals surface area contributed by atoms with E-state index in [1.807, 2.05) is 54.6 Å². The van der Waals surface area contributed by atoms with E-state index < -0.39 is 0 Å². The lowest BCUT2D eigenvalue weighted by atomic mass is 10.1. The summed E-state index contributed by atoms with van der Waals surface area (Å²) < 4.78 is 0. The van der Waals surface area contributed by atoms with E-state index in [1.54, 1.807) is 35.2 Å². The van der Waals surface area contributed by atoms with Gasteiger partial charge in [0.25, 0.3) is 5.91 Å². The van der Waals surface area contributed by atoms with Gasteiger partial charge in [-0.1, -0.05) is 83.3 Å². The van der Waals surface area contributed by atoms with Crippen molar-refractivity contribution in [2.75, 3.05) is 4.90 Å². The van der Waals surface area contributed by atoms with Gasteiger partial charge in [-0.2, -0.15) is 0 Å². The predicted molar refractivity (Wildman–Crippen MR) is 118 cm³/mol. The minimum atomic E-state index is -0.169. The fourth-order valence-corrected chi connectivity index (χ4v) is 3.59. The molecule has 0 radical (unpaired) electrons. The van der Waals surface area contributed by atoms with Crippen molar-refractivity contribution in [2.24, 2.45) is 0 Å². The lowest BCUT2D eigenvalue weighted by Gasteiger charge is -2.22. The molecule has 0 saturated heterocycles. The highest BCUT2D eigenvalue weighted by Gasteiger charge is 2.32. The van der Waals surface area contributed by atoms with Crippen LogP contribution in [0.1, 0.15) is 11.1 Å². The van der Waals surface area contributed by atoms with Crippen molar-refractivity contribution >= 4 is 58.2 Å².